The summed E-state index contributed by atoms with van der Waals surface area (Å²) in [5.41, 5.74) is 6.21. The molecular formula is C11H19N2O2P+2. The van der Waals surface area contributed by atoms with Crippen molar-refractivity contribution in [3.63, 3.8) is 0 Å². The lowest BCUT2D eigenvalue weighted by atomic mass is 10.3. The van der Waals surface area contributed by atoms with Gasteiger partial charge >= 0.3 is 8.03 Å². The molecule has 0 heterocycles. The maximum Gasteiger partial charge on any atom is 0.548 e. The van der Waals surface area contributed by atoms with Crippen LogP contribution in [0.3, 0.4) is 0 Å². The van der Waals surface area contributed by atoms with Gasteiger partial charge < -0.3 is 10.2 Å². The highest BCUT2D eigenvalue weighted by atomic mass is 31.1. The van der Waals surface area contributed by atoms with Crippen LogP contribution in [0, 0.1) is 0 Å². The third kappa shape index (κ3) is 4.71. The van der Waals surface area contributed by atoms with Gasteiger partial charge in [-0.3, -0.25) is 0 Å². The van der Waals surface area contributed by atoms with Crippen LogP contribution in [-0.2, 0) is 9.09 Å². The van der Waals surface area contributed by atoms with Crippen molar-refractivity contribution < 1.29 is 13.6 Å². The molecule has 0 fully saturated rings. The summed E-state index contributed by atoms with van der Waals surface area (Å²) < 4.78 is 17.8. The molecular weight excluding hydrogens is 223 g/mol. The van der Waals surface area contributed by atoms with Crippen molar-refractivity contribution in [3.8, 4) is 0 Å². The topological polar surface area (TPSA) is 52.3 Å². The van der Waals surface area contributed by atoms with E-state index in [9.17, 15) is 4.57 Å². The molecule has 2 N–H and O–H groups in total. The summed E-state index contributed by atoms with van der Waals surface area (Å²) in [4.78, 5) is 0. The first-order valence-corrected chi connectivity index (χ1v) is 6.32. The Labute approximate surface area is 97.5 Å². The largest absolute Gasteiger partial charge is 0.548 e. The van der Waals surface area contributed by atoms with E-state index in [1.807, 2.05) is 0 Å². The zero-order chi connectivity index (χ0) is 12.2. The first-order chi connectivity index (χ1) is 7.38. The van der Waals surface area contributed by atoms with Gasteiger partial charge in [0, 0.05) is 5.69 Å². The van der Waals surface area contributed by atoms with Crippen molar-refractivity contribution in [2.45, 2.75) is 0 Å². The molecule has 0 saturated heterocycles. The molecule has 0 saturated carbocycles. The first-order valence-electron chi connectivity index (χ1n) is 5.15. The van der Waals surface area contributed by atoms with Crippen molar-refractivity contribution in [1.82, 2.24) is 0 Å². The number of hydrogen-bond donors (Lipinski definition) is 1. The molecule has 4 nitrogen and oxygen atoms in total. The Hall–Kier alpha value is -0.960. The van der Waals surface area contributed by atoms with Crippen molar-refractivity contribution in [2.24, 2.45) is 0 Å². The van der Waals surface area contributed by atoms with Crippen molar-refractivity contribution in [1.29, 1.82) is 0 Å². The average Bonchev–Trinajstić information content (AvgIpc) is 2.16. The number of benzene rings is 1. The Balaban J connectivity index is 2.44. The van der Waals surface area contributed by atoms with Gasteiger partial charge in [0.15, 0.2) is 6.61 Å². The molecule has 0 bridgehead atoms. The summed E-state index contributed by atoms with van der Waals surface area (Å²) in [6.07, 6.45) is 0. The van der Waals surface area contributed by atoms with Crippen LogP contribution in [-0.4, -0.2) is 38.8 Å². The lowest BCUT2D eigenvalue weighted by molar-refractivity contribution is -0.870. The third-order valence-corrected chi connectivity index (χ3v) is 3.21. The summed E-state index contributed by atoms with van der Waals surface area (Å²) in [6, 6.07) is 6.93. The Bertz CT molecular complexity index is 357. The number of hydrogen-bond acceptors (Lipinski definition) is 3. The van der Waals surface area contributed by atoms with E-state index in [-0.39, 0.29) is 0 Å². The van der Waals surface area contributed by atoms with Crippen molar-refractivity contribution in [2.75, 3.05) is 40.0 Å². The van der Waals surface area contributed by atoms with E-state index in [1.54, 1.807) is 24.3 Å². The second-order valence-corrected chi connectivity index (χ2v) is 5.98. The molecule has 0 radical (unpaired) electrons. The van der Waals surface area contributed by atoms with Gasteiger partial charge in [0.1, 0.15) is 6.54 Å². The minimum atomic E-state index is -1.76. The summed E-state index contributed by atoms with van der Waals surface area (Å²) >= 11 is 0. The average molecular weight is 242 g/mol. The van der Waals surface area contributed by atoms with Crippen LogP contribution >= 0.6 is 8.03 Å². The summed E-state index contributed by atoms with van der Waals surface area (Å²) in [5.74, 6) is 0. The molecule has 0 aromatic heterocycles. The molecule has 5 heteroatoms. The number of likely N-dealkylation sites (N-methyl/N-ethyl adjacent to an activating group) is 1. The lowest BCUT2D eigenvalue weighted by Crippen LogP contribution is -2.37. The van der Waals surface area contributed by atoms with Crippen LogP contribution < -0.4 is 11.0 Å². The van der Waals surface area contributed by atoms with Gasteiger partial charge in [-0.1, -0.05) is 0 Å². The number of nitrogens with two attached hydrogens (primary N) is 1. The highest BCUT2D eigenvalue weighted by Gasteiger charge is 2.22. The maximum absolute atomic E-state index is 11.7. The van der Waals surface area contributed by atoms with Crippen LogP contribution in [0.4, 0.5) is 5.69 Å². The number of anilines is 1. The quantitative estimate of drug-likeness (QED) is 0.482. The number of rotatable bonds is 5. The Kier molecular flexibility index (Phi) is 4.42. The fourth-order valence-corrected chi connectivity index (χ4v) is 1.86. The van der Waals surface area contributed by atoms with Gasteiger partial charge in [-0.05, 0) is 28.8 Å². The normalized spacial score (nSPS) is 12.6. The van der Waals surface area contributed by atoms with Gasteiger partial charge in [0.25, 0.3) is 0 Å². The number of quaternary nitrogens is 1. The molecule has 1 aromatic rings. The van der Waals surface area contributed by atoms with Crippen molar-refractivity contribution >= 4 is 19.0 Å². The Morgan fingerprint density at radius 1 is 1.25 bits per heavy atom. The number of nitrogen functional groups attached to an aromatic ring is 1. The molecule has 16 heavy (non-hydrogen) atoms. The molecule has 0 aliphatic rings. The molecule has 0 spiro atoms. The summed E-state index contributed by atoms with van der Waals surface area (Å²) in [7, 11) is 4.45. The van der Waals surface area contributed by atoms with E-state index in [4.69, 9.17) is 10.3 Å². The van der Waals surface area contributed by atoms with E-state index in [0.717, 1.165) is 11.0 Å². The zero-order valence-corrected chi connectivity index (χ0v) is 10.9. The SMILES string of the molecule is C[N+](C)(C)CCO[P+](=O)c1ccc(N)cc1. The molecule has 0 amide bonds. The minimum Gasteiger partial charge on any atom is -0.399 e. The van der Waals surface area contributed by atoms with Gasteiger partial charge in [0.05, 0.1) is 21.1 Å². The van der Waals surface area contributed by atoms with E-state index in [1.165, 1.54) is 0 Å². The molecule has 1 atom stereocenters. The molecule has 0 aliphatic carbocycles. The number of nitrogens with zero attached hydrogens (tertiary/aromatic N) is 1. The molecule has 1 aromatic carbocycles. The van der Waals surface area contributed by atoms with Gasteiger partial charge in [-0.15, -0.1) is 4.52 Å². The van der Waals surface area contributed by atoms with Crippen LogP contribution in [0.1, 0.15) is 0 Å². The van der Waals surface area contributed by atoms with Gasteiger partial charge in [0.2, 0.25) is 5.30 Å². The molecule has 88 valence electrons. The third-order valence-electron chi connectivity index (χ3n) is 2.07. The first kappa shape index (κ1) is 13.1. The fraction of sp³-hybridized carbons (Fsp3) is 0.455. The lowest BCUT2D eigenvalue weighted by Gasteiger charge is -2.21. The highest BCUT2D eigenvalue weighted by molar-refractivity contribution is 7.48. The van der Waals surface area contributed by atoms with Crippen LogP contribution in [0.25, 0.3) is 0 Å². The van der Waals surface area contributed by atoms with E-state index in [2.05, 4.69) is 21.1 Å². The summed E-state index contributed by atoms with van der Waals surface area (Å²) in [5, 5.41) is 0.686. The Morgan fingerprint density at radius 3 is 2.31 bits per heavy atom. The van der Waals surface area contributed by atoms with Gasteiger partial charge in [-0.25, -0.2) is 0 Å². The highest BCUT2D eigenvalue weighted by Crippen LogP contribution is 2.21. The molecule has 1 rings (SSSR count). The van der Waals surface area contributed by atoms with E-state index < -0.39 is 8.03 Å². The molecule has 0 aliphatic heterocycles. The van der Waals surface area contributed by atoms with Crippen molar-refractivity contribution in [3.05, 3.63) is 24.3 Å². The minimum absolute atomic E-state index is 0.489. The Morgan fingerprint density at radius 2 is 1.81 bits per heavy atom. The van der Waals surface area contributed by atoms with E-state index in [0.29, 0.717) is 17.6 Å². The predicted molar refractivity (Wildman–Crippen MR) is 66.9 cm³/mol. The van der Waals surface area contributed by atoms with Crippen LogP contribution in [0.5, 0.6) is 0 Å². The standard InChI is InChI=1S/C11H19N2O2P/c1-13(2,3)8-9-15-16(14)11-6-4-10(12)5-7-11/h4-7H,8-9,12H2,1-3H3/q+2. The van der Waals surface area contributed by atoms with Crippen LogP contribution in [0.15, 0.2) is 24.3 Å². The smallest absolute Gasteiger partial charge is 0.399 e. The van der Waals surface area contributed by atoms with Gasteiger partial charge in [-0.2, -0.15) is 0 Å². The van der Waals surface area contributed by atoms with E-state index >= 15 is 0 Å². The fourth-order valence-electron chi connectivity index (χ4n) is 1.07. The zero-order valence-electron chi connectivity index (χ0n) is 10.0. The second kappa shape index (κ2) is 5.39. The monoisotopic (exact) mass is 242 g/mol. The summed E-state index contributed by atoms with van der Waals surface area (Å²) in [6.45, 7) is 1.32. The van der Waals surface area contributed by atoms with Crippen LogP contribution in [0.2, 0.25) is 0 Å². The second-order valence-electron chi connectivity index (χ2n) is 4.70. The maximum atomic E-state index is 11.7. The molecule has 1 unspecified atom stereocenters. The predicted octanol–water partition coefficient (Wildman–Crippen LogP) is 1.36.